The molecule has 0 bridgehead atoms. The first kappa shape index (κ1) is 40.2. The summed E-state index contributed by atoms with van der Waals surface area (Å²) in [5.74, 6) is -1.86. The number of ether oxygens (including phenoxy) is 4. The van der Waals surface area contributed by atoms with Gasteiger partial charge in [-0.1, -0.05) is 26.8 Å². The molecule has 1 aliphatic carbocycles. The van der Waals surface area contributed by atoms with E-state index in [0.29, 0.717) is 51.3 Å². The topological polar surface area (TPSA) is 191 Å². The van der Waals surface area contributed by atoms with Crippen LogP contribution in [0.1, 0.15) is 53.9 Å². The van der Waals surface area contributed by atoms with Gasteiger partial charge >= 0.3 is 12.1 Å². The van der Waals surface area contributed by atoms with Crippen LogP contribution in [0, 0.1) is 11.3 Å². The van der Waals surface area contributed by atoms with Crippen LogP contribution in [0.5, 0.6) is 11.5 Å². The average molecular weight is 844 g/mol. The van der Waals surface area contributed by atoms with Crippen LogP contribution in [0.25, 0.3) is 22.3 Å². The second-order valence-electron chi connectivity index (χ2n) is 15.4. The zero-order valence-electron chi connectivity index (χ0n) is 31.6. The molecular weight excluding hydrogens is 796 g/mol. The molecule has 2 aliphatic heterocycles. The highest BCUT2D eigenvalue weighted by Crippen LogP contribution is 2.45. The fraction of sp³-hybridized carbons (Fsp3) is 0.526. The molecule has 3 amide bonds. The van der Waals surface area contributed by atoms with E-state index in [-0.39, 0.29) is 32.0 Å². The molecule has 0 spiro atoms. The molecule has 4 heterocycles. The number of carbonyl (C=O) groups is 4. The highest BCUT2D eigenvalue weighted by atomic mass is 79.9. The van der Waals surface area contributed by atoms with Crippen molar-refractivity contribution in [3.05, 3.63) is 40.7 Å². The number of nitrogens with zero attached hydrogens (tertiary/aromatic N) is 3. The summed E-state index contributed by atoms with van der Waals surface area (Å²) in [6.07, 6.45) is 0.300. The third-order valence-corrected chi connectivity index (χ3v) is 11.5. The van der Waals surface area contributed by atoms with Gasteiger partial charge in [0.1, 0.15) is 47.0 Å². The number of nitrogens with one attached hydrogen (secondary N) is 3. The summed E-state index contributed by atoms with van der Waals surface area (Å²) in [6, 6.07) is 3.31. The molecule has 17 heteroatoms. The number of thiazole rings is 1. The van der Waals surface area contributed by atoms with E-state index in [9.17, 15) is 24.3 Å². The van der Waals surface area contributed by atoms with Gasteiger partial charge in [0.15, 0.2) is 5.13 Å². The molecule has 0 radical (unpaired) electrons. The number of anilines is 1. The number of carboxylic acids is 1. The monoisotopic (exact) mass is 842 g/mol. The smallest absolute Gasteiger partial charge is 0.408 e. The van der Waals surface area contributed by atoms with Crippen LogP contribution in [0.2, 0.25) is 0 Å². The molecule has 55 heavy (non-hydrogen) atoms. The van der Waals surface area contributed by atoms with E-state index in [1.807, 2.05) is 25.3 Å². The van der Waals surface area contributed by atoms with E-state index in [0.717, 1.165) is 5.13 Å². The molecular formula is C38H47BrN6O9S. The van der Waals surface area contributed by atoms with E-state index in [1.165, 1.54) is 22.3 Å². The van der Waals surface area contributed by atoms with Crippen LogP contribution in [0.3, 0.4) is 0 Å². The second-order valence-corrected chi connectivity index (χ2v) is 17.1. The van der Waals surface area contributed by atoms with Crippen molar-refractivity contribution in [1.29, 1.82) is 0 Å². The number of amides is 3. The van der Waals surface area contributed by atoms with Gasteiger partial charge in [-0.25, -0.2) is 19.6 Å². The Balaban J connectivity index is 1.34. The van der Waals surface area contributed by atoms with Gasteiger partial charge in [0.25, 0.3) is 0 Å². The van der Waals surface area contributed by atoms with Gasteiger partial charge in [-0.15, -0.1) is 17.9 Å². The third kappa shape index (κ3) is 8.53. The molecule has 15 nitrogen and oxygen atoms in total. The first-order valence-electron chi connectivity index (χ1n) is 18.1. The molecule has 2 saturated heterocycles. The van der Waals surface area contributed by atoms with Crippen LogP contribution in [-0.4, -0.2) is 107 Å². The maximum absolute atomic E-state index is 14.6. The minimum atomic E-state index is -1.53. The molecule has 3 aliphatic rings. The van der Waals surface area contributed by atoms with E-state index < -0.39 is 65.0 Å². The number of methoxy groups -OCH3 is 1. The quantitative estimate of drug-likeness (QED) is 0.161. The molecule has 296 valence electrons. The van der Waals surface area contributed by atoms with Crippen LogP contribution < -0.4 is 25.4 Å². The Morgan fingerprint density at radius 3 is 2.55 bits per heavy atom. The zero-order valence-corrected chi connectivity index (χ0v) is 34.0. The van der Waals surface area contributed by atoms with E-state index in [4.69, 9.17) is 28.9 Å². The number of rotatable bonds is 13. The van der Waals surface area contributed by atoms with Gasteiger partial charge in [-0.05, 0) is 53.7 Å². The van der Waals surface area contributed by atoms with Crippen LogP contribution in [0.15, 0.2) is 40.7 Å². The number of benzene rings is 1. The summed E-state index contributed by atoms with van der Waals surface area (Å²) < 4.78 is 23.7. The van der Waals surface area contributed by atoms with Crippen LogP contribution in [0.4, 0.5) is 9.93 Å². The molecule has 6 rings (SSSR count). The number of aliphatic carboxylic acids is 1. The molecule has 4 N–H and O–H groups in total. The Morgan fingerprint density at radius 2 is 1.93 bits per heavy atom. The third-order valence-electron chi connectivity index (χ3n) is 9.95. The van der Waals surface area contributed by atoms with E-state index in [1.54, 1.807) is 40.0 Å². The summed E-state index contributed by atoms with van der Waals surface area (Å²) >= 11 is 5.09. The fourth-order valence-electron chi connectivity index (χ4n) is 6.90. The summed E-state index contributed by atoms with van der Waals surface area (Å²) in [4.78, 5) is 65.2. The Kier molecular flexibility index (Phi) is 11.6. The van der Waals surface area contributed by atoms with Crippen molar-refractivity contribution < 1.29 is 43.2 Å². The normalized spacial score (nSPS) is 24.0. The van der Waals surface area contributed by atoms with Crippen molar-refractivity contribution in [3.63, 3.8) is 0 Å². The summed E-state index contributed by atoms with van der Waals surface area (Å²) in [7, 11) is 1.56. The first-order valence-corrected chi connectivity index (χ1v) is 19.8. The lowest BCUT2D eigenvalue weighted by molar-refractivity contribution is -0.146. The number of fused-ring (bicyclic) bond motifs is 1. The Bertz CT molecular complexity index is 1980. The minimum Gasteiger partial charge on any atom is -0.495 e. The highest BCUT2D eigenvalue weighted by molar-refractivity contribution is 9.10. The van der Waals surface area contributed by atoms with Gasteiger partial charge in [-0.2, -0.15) is 0 Å². The van der Waals surface area contributed by atoms with Crippen molar-refractivity contribution in [3.8, 4) is 22.9 Å². The molecule has 3 aromatic rings. The zero-order chi connectivity index (χ0) is 39.8. The van der Waals surface area contributed by atoms with Crippen molar-refractivity contribution >= 4 is 67.2 Å². The van der Waals surface area contributed by atoms with Gasteiger partial charge in [-0.3, -0.25) is 9.59 Å². The number of likely N-dealkylation sites (tertiary alicyclic amines) is 1. The Hall–Kier alpha value is -4.48. The minimum absolute atomic E-state index is 0.0301. The molecule has 1 saturated carbocycles. The number of carboxylic acid groups (broad SMARTS) is 1. The first-order chi connectivity index (χ1) is 26.0. The van der Waals surface area contributed by atoms with Crippen molar-refractivity contribution in [1.82, 2.24) is 25.5 Å². The number of aromatic nitrogens is 2. The van der Waals surface area contributed by atoms with Gasteiger partial charge < -0.3 is 44.9 Å². The molecule has 1 aromatic carbocycles. The maximum Gasteiger partial charge on any atom is 0.408 e. The summed E-state index contributed by atoms with van der Waals surface area (Å²) in [5.41, 5.74) is -0.646. The fourth-order valence-corrected chi connectivity index (χ4v) is 8.34. The highest BCUT2D eigenvalue weighted by Gasteiger charge is 2.61. The van der Waals surface area contributed by atoms with Gasteiger partial charge in [0.05, 0.1) is 42.6 Å². The number of carbonyl (C=O) groups excluding carboxylic acids is 3. The number of alkyl carbamates (subject to hydrolysis) is 1. The lowest BCUT2D eigenvalue weighted by Crippen LogP contribution is -2.59. The standard InChI is InChI=1S/C38H47BrN6O9S/c1-8-20-15-38(20,34(48)49)44-32(46)26-13-22(16-45(26)33(47)31(37(4,5)6)43-36(50)54-21-11-12-52-17-21)53-28-14-24(25-18-55-35(42-25)40-19(2)3)41-30-23(28)9-10-27(51-7)29(30)39/h8-10,14,18-22,26,31H,1,11-13,15-17H2,2-7H3,(H,40,42)(H,43,50)(H,44,46)(H,48,49)/t20-,21?,22-,26+,31-,38-/m1/s1. The molecule has 6 atom stereocenters. The molecule has 3 fully saturated rings. The maximum atomic E-state index is 14.6. The predicted octanol–water partition coefficient (Wildman–Crippen LogP) is 5.37. The summed E-state index contributed by atoms with van der Waals surface area (Å²) in [5, 5.41) is 22.1. The lowest BCUT2D eigenvalue weighted by Gasteiger charge is -2.35. The SMILES string of the molecule is C=C[C@@H]1C[C@]1(NC(=O)[C@@H]1C[C@@H](Oc2cc(-c3csc(NC(C)C)n3)nc3c(Br)c(OC)ccc23)CN1C(=O)[C@@H](NC(=O)OC1CCOC1)C(C)(C)C)C(=O)O. The number of hydrogen-bond acceptors (Lipinski definition) is 12. The van der Waals surface area contributed by atoms with Gasteiger partial charge in [0.2, 0.25) is 11.8 Å². The molecule has 2 aromatic heterocycles. The van der Waals surface area contributed by atoms with E-state index >= 15 is 0 Å². The van der Waals surface area contributed by atoms with Gasteiger partial charge in [0, 0.05) is 41.6 Å². The van der Waals surface area contributed by atoms with Crippen LogP contribution >= 0.6 is 27.3 Å². The predicted molar refractivity (Wildman–Crippen MR) is 209 cm³/mol. The van der Waals surface area contributed by atoms with E-state index in [2.05, 4.69) is 38.5 Å². The van der Waals surface area contributed by atoms with Crippen molar-refractivity contribution in [2.24, 2.45) is 11.3 Å². The number of pyridine rings is 1. The summed E-state index contributed by atoms with van der Waals surface area (Å²) in [6.45, 7) is 13.8. The number of hydrogen-bond donors (Lipinski definition) is 4. The Morgan fingerprint density at radius 1 is 1.16 bits per heavy atom. The van der Waals surface area contributed by atoms with Crippen molar-refractivity contribution in [2.75, 3.05) is 32.2 Å². The Labute approximate surface area is 331 Å². The largest absolute Gasteiger partial charge is 0.495 e. The molecule has 1 unspecified atom stereocenters. The number of halogens is 1. The van der Waals surface area contributed by atoms with Crippen LogP contribution in [-0.2, 0) is 23.9 Å². The average Bonchev–Trinajstić information content (AvgIpc) is 3.53. The second kappa shape index (κ2) is 15.9. The van der Waals surface area contributed by atoms with Crippen molar-refractivity contribution in [2.45, 2.75) is 89.8 Å². The lowest BCUT2D eigenvalue weighted by atomic mass is 9.85.